The summed E-state index contributed by atoms with van der Waals surface area (Å²) < 4.78 is 16.2. The van der Waals surface area contributed by atoms with Gasteiger partial charge in [-0.1, -0.05) is 6.07 Å². The zero-order valence-electron chi connectivity index (χ0n) is 12.4. The van der Waals surface area contributed by atoms with Crippen molar-refractivity contribution in [3.8, 4) is 11.5 Å². The average molecular weight is 279 g/mol. The van der Waals surface area contributed by atoms with Gasteiger partial charge in [-0.05, 0) is 26.0 Å². The number of benzene rings is 1. The second-order valence-electron chi connectivity index (χ2n) is 5.00. The summed E-state index contributed by atoms with van der Waals surface area (Å²) >= 11 is 0. The van der Waals surface area contributed by atoms with Crippen LogP contribution in [-0.2, 0) is 4.74 Å². The van der Waals surface area contributed by atoms with Crippen molar-refractivity contribution in [3.05, 3.63) is 23.8 Å². The van der Waals surface area contributed by atoms with E-state index in [0.29, 0.717) is 30.2 Å². The maximum atomic E-state index is 12.8. The Morgan fingerprint density at radius 2 is 1.65 bits per heavy atom. The molecule has 0 aliphatic carbocycles. The molecule has 1 aliphatic heterocycles. The lowest BCUT2D eigenvalue weighted by molar-refractivity contribution is -0.0587. The van der Waals surface area contributed by atoms with E-state index < -0.39 is 0 Å². The van der Waals surface area contributed by atoms with Crippen molar-refractivity contribution in [2.75, 3.05) is 27.3 Å². The molecule has 1 aromatic carbocycles. The van der Waals surface area contributed by atoms with Crippen molar-refractivity contribution in [2.24, 2.45) is 0 Å². The van der Waals surface area contributed by atoms with E-state index >= 15 is 0 Å². The zero-order valence-corrected chi connectivity index (χ0v) is 12.4. The van der Waals surface area contributed by atoms with Gasteiger partial charge >= 0.3 is 0 Å². The fourth-order valence-electron chi connectivity index (χ4n) is 2.56. The minimum absolute atomic E-state index is 0.0309. The van der Waals surface area contributed by atoms with Crippen LogP contribution in [0.15, 0.2) is 18.2 Å². The lowest BCUT2D eigenvalue weighted by Gasteiger charge is -2.35. The Morgan fingerprint density at radius 1 is 1.15 bits per heavy atom. The summed E-state index contributed by atoms with van der Waals surface area (Å²) in [5.41, 5.74) is 0.471. The smallest absolute Gasteiger partial charge is 0.261 e. The number of amides is 1. The number of carbonyl (C=O) groups is 1. The predicted octanol–water partition coefficient (Wildman–Crippen LogP) is 1.95. The molecule has 0 radical (unpaired) electrons. The van der Waals surface area contributed by atoms with Gasteiger partial charge in [0.2, 0.25) is 0 Å². The van der Waals surface area contributed by atoms with Gasteiger partial charge in [-0.15, -0.1) is 0 Å². The molecule has 1 fully saturated rings. The first kappa shape index (κ1) is 14.7. The second kappa shape index (κ2) is 6.13. The minimum atomic E-state index is -0.0821. The third-order valence-electron chi connectivity index (χ3n) is 3.35. The Kier molecular flexibility index (Phi) is 4.49. The molecular weight excluding hydrogens is 258 g/mol. The average Bonchev–Trinajstić information content (AvgIpc) is 2.44. The highest BCUT2D eigenvalue weighted by Gasteiger charge is 2.30. The molecule has 0 saturated carbocycles. The van der Waals surface area contributed by atoms with Crippen LogP contribution in [-0.4, -0.2) is 50.3 Å². The first-order valence-corrected chi connectivity index (χ1v) is 6.72. The number of ether oxygens (including phenoxy) is 3. The van der Waals surface area contributed by atoms with Crippen LogP contribution in [0.5, 0.6) is 11.5 Å². The van der Waals surface area contributed by atoms with E-state index in [1.165, 1.54) is 0 Å². The summed E-state index contributed by atoms with van der Waals surface area (Å²) in [6, 6.07) is 5.34. The predicted molar refractivity (Wildman–Crippen MR) is 75.5 cm³/mol. The molecular formula is C15H21NO4. The topological polar surface area (TPSA) is 48.0 Å². The molecule has 0 bridgehead atoms. The highest BCUT2D eigenvalue weighted by molar-refractivity contribution is 5.99. The first-order valence-electron chi connectivity index (χ1n) is 6.72. The largest absolute Gasteiger partial charge is 0.496 e. The molecule has 1 heterocycles. The molecule has 1 saturated heterocycles. The van der Waals surface area contributed by atoms with Crippen molar-refractivity contribution < 1.29 is 19.0 Å². The molecule has 20 heavy (non-hydrogen) atoms. The van der Waals surface area contributed by atoms with Crippen molar-refractivity contribution in [1.82, 2.24) is 4.90 Å². The number of rotatable bonds is 3. The van der Waals surface area contributed by atoms with Crippen LogP contribution in [0.3, 0.4) is 0 Å². The van der Waals surface area contributed by atoms with Gasteiger partial charge < -0.3 is 19.1 Å². The summed E-state index contributed by atoms with van der Waals surface area (Å²) in [6.45, 7) is 5.08. The number of nitrogens with zero attached hydrogens (tertiary/aromatic N) is 1. The Balaban J connectivity index is 2.32. The highest BCUT2D eigenvalue weighted by atomic mass is 16.5. The van der Waals surface area contributed by atoms with Crippen LogP contribution < -0.4 is 9.47 Å². The van der Waals surface area contributed by atoms with Gasteiger partial charge in [0, 0.05) is 13.1 Å². The minimum Gasteiger partial charge on any atom is -0.496 e. The second-order valence-corrected chi connectivity index (χ2v) is 5.00. The third kappa shape index (κ3) is 2.88. The molecule has 1 aromatic rings. The molecule has 110 valence electrons. The number of morpholine rings is 1. The Hall–Kier alpha value is -1.75. The van der Waals surface area contributed by atoms with Crippen molar-refractivity contribution in [2.45, 2.75) is 26.1 Å². The van der Waals surface area contributed by atoms with Gasteiger partial charge in [-0.3, -0.25) is 4.79 Å². The molecule has 0 aromatic heterocycles. The maximum Gasteiger partial charge on any atom is 0.261 e. The molecule has 0 spiro atoms. The van der Waals surface area contributed by atoms with E-state index in [9.17, 15) is 4.79 Å². The fraction of sp³-hybridized carbons (Fsp3) is 0.533. The molecule has 1 amide bonds. The summed E-state index contributed by atoms with van der Waals surface area (Å²) in [5.74, 6) is 0.976. The summed E-state index contributed by atoms with van der Waals surface area (Å²) in [7, 11) is 3.10. The van der Waals surface area contributed by atoms with Gasteiger partial charge in [-0.25, -0.2) is 0 Å². The lowest BCUT2D eigenvalue weighted by atomic mass is 10.1. The van der Waals surface area contributed by atoms with E-state index in [1.54, 1.807) is 37.3 Å². The lowest BCUT2D eigenvalue weighted by Crippen LogP contribution is -2.48. The Labute approximate surface area is 119 Å². The standard InChI is InChI=1S/C15H21NO4/c1-10-8-16(9-11(2)20-10)15(17)14-12(18-3)6-5-7-13(14)19-4/h5-7,10-11H,8-9H2,1-4H3/t10-,11+. The normalized spacial score (nSPS) is 22.5. The summed E-state index contributed by atoms with van der Waals surface area (Å²) in [4.78, 5) is 14.6. The van der Waals surface area contributed by atoms with Gasteiger partial charge in [0.1, 0.15) is 17.1 Å². The molecule has 0 N–H and O–H groups in total. The fourth-order valence-corrected chi connectivity index (χ4v) is 2.56. The van der Waals surface area contributed by atoms with Gasteiger partial charge in [-0.2, -0.15) is 0 Å². The summed E-state index contributed by atoms with van der Waals surface area (Å²) in [6.07, 6.45) is 0.0619. The molecule has 1 aliphatic rings. The van der Waals surface area contributed by atoms with Crippen molar-refractivity contribution >= 4 is 5.91 Å². The number of hydrogen-bond donors (Lipinski definition) is 0. The van der Waals surface area contributed by atoms with E-state index in [4.69, 9.17) is 14.2 Å². The molecule has 5 nitrogen and oxygen atoms in total. The van der Waals surface area contributed by atoms with Crippen LogP contribution in [0.1, 0.15) is 24.2 Å². The monoisotopic (exact) mass is 279 g/mol. The van der Waals surface area contributed by atoms with Crippen LogP contribution >= 0.6 is 0 Å². The third-order valence-corrected chi connectivity index (χ3v) is 3.35. The molecule has 2 rings (SSSR count). The van der Waals surface area contributed by atoms with E-state index in [0.717, 1.165) is 0 Å². The first-order chi connectivity index (χ1) is 9.56. The number of methoxy groups -OCH3 is 2. The van der Waals surface area contributed by atoms with Gasteiger partial charge in [0.05, 0.1) is 26.4 Å². The highest BCUT2D eigenvalue weighted by Crippen LogP contribution is 2.30. The van der Waals surface area contributed by atoms with E-state index in [2.05, 4.69) is 0 Å². The van der Waals surface area contributed by atoms with Crippen LogP contribution in [0.4, 0.5) is 0 Å². The van der Waals surface area contributed by atoms with E-state index in [1.807, 2.05) is 13.8 Å². The zero-order chi connectivity index (χ0) is 14.7. The molecule has 5 heteroatoms. The van der Waals surface area contributed by atoms with Crippen LogP contribution in [0, 0.1) is 0 Å². The summed E-state index contributed by atoms with van der Waals surface area (Å²) in [5, 5.41) is 0. The van der Waals surface area contributed by atoms with Crippen LogP contribution in [0.2, 0.25) is 0 Å². The Bertz CT molecular complexity index is 457. The number of hydrogen-bond acceptors (Lipinski definition) is 4. The molecule has 0 unspecified atom stereocenters. The quantitative estimate of drug-likeness (QED) is 0.848. The maximum absolute atomic E-state index is 12.8. The van der Waals surface area contributed by atoms with Crippen molar-refractivity contribution in [1.29, 1.82) is 0 Å². The van der Waals surface area contributed by atoms with Gasteiger partial charge in [0.15, 0.2) is 0 Å². The number of carbonyl (C=O) groups excluding carboxylic acids is 1. The van der Waals surface area contributed by atoms with Gasteiger partial charge in [0.25, 0.3) is 5.91 Å². The molecule has 2 atom stereocenters. The van der Waals surface area contributed by atoms with Crippen LogP contribution in [0.25, 0.3) is 0 Å². The van der Waals surface area contributed by atoms with Crippen molar-refractivity contribution in [3.63, 3.8) is 0 Å². The Morgan fingerprint density at radius 3 is 2.10 bits per heavy atom. The SMILES string of the molecule is COc1cccc(OC)c1C(=O)N1C[C@@H](C)O[C@@H](C)C1. The van der Waals surface area contributed by atoms with E-state index in [-0.39, 0.29) is 18.1 Å².